The first-order chi connectivity index (χ1) is 13.7. The van der Waals surface area contributed by atoms with Gasteiger partial charge in [-0.15, -0.1) is 0 Å². The van der Waals surface area contributed by atoms with Crippen LogP contribution in [0.15, 0.2) is 35.1 Å². The van der Waals surface area contributed by atoms with Crippen molar-refractivity contribution in [2.75, 3.05) is 39.9 Å². The molecular formula is C20H25N3O5. The van der Waals surface area contributed by atoms with Crippen molar-refractivity contribution in [2.45, 2.75) is 18.9 Å². The van der Waals surface area contributed by atoms with Crippen LogP contribution in [0.3, 0.4) is 0 Å². The molecule has 1 unspecified atom stereocenters. The van der Waals surface area contributed by atoms with Crippen LogP contribution in [0.5, 0.6) is 17.2 Å². The normalized spacial score (nSPS) is 20.0. The van der Waals surface area contributed by atoms with Crippen LogP contribution in [0.25, 0.3) is 0 Å². The molecule has 0 bridgehead atoms. The molecule has 1 amide bonds. The van der Waals surface area contributed by atoms with Crippen LogP contribution >= 0.6 is 0 Å². The predicted molar refractivity (Wildman–Crippen MR) is 101 cm³/mol. The Morgan fingerprint density at radius 3 is 2.96 bits per heavy atom. The lowest BCUT2D eigenvalue weighted by Gasteiger charge is -2.29. The van der Waals surface area contributed by atoms with Crippen LogP contribution in [0.1, 0.15) is 23.5 Å². The van der Waals surface area contributed by atoms with E-state index >= 15 is 0 Å². The van der Waals surface area contributed by atoms with Gasteiger partial charge in [-0.2, -0.15) is 0 Å². The first-order valence-corrected chi connectivity index (χ1v) is 9.60. The maximum atomic E-state index is 11.9. The van der Waals surface area contributed by atoms with E-state index < -0.39 is 0 Å². The third-order valence-electron chi connectivity index (χ3n) is 5.07. The Labute approximate surface area is 163 Å². The van der Waals surface area contributed by atoms with Crippen LogP contribution in [0.2, 0.25) is 0 Å². The third-order valence-corrected chi connectivity index (χ3v) is 5.07. The zero-order chi connectivity index (χ0) is 19.3. The minimum absolute atomic E-state index is 0.0294. The smallest absolute Gasteiger partial charge is 0.307 e. The average Bonchev–Trinajstić information content (AvgIpc) is 3.26. The number of carbonyl (C=O) groups excluding carboxylic acids is 1. The Hall–Kier alpha value is -2.74. The lowest BCUT2D eigenvalue weighted by atomic mass is 9.98. The first-order valence-electron chi connectivity index (χ1n) is 9.60. The van der Waals surface area contributed by atoms with Gasteiger partial charge in [0.15, 0.2) is 11.5 Å². The Kier molecular flexibility index (Phi) is 5.66. The highest BCUT2D eigenvalue weighted by atomic mass is 16.6. The summed E-state index contributed by atoms with van der Waals surface area (Å²) in [5, 5.41) is 2.74. The van der Waals surface area contributed by atoms with Gasteiger partial charge in [0, 0.05) is 6.07 Å². The molecule has 1 atom stereocenters. The number of oxazole rings is 1. The second-order valence-electron chi connectivity index (χ2n) is 7.26. The number of nitrogens with one attached hydrogen (secondary N) is 1. The SMILES string of the molecule is CN1CCC(COc2ccc3c(c2)OC(CNC(=O)c2ncco2)CO3)CC1. The molecule has 1 saturated heterocycles. The maximum absolute atomic E-state index is 11.9. The van der Waals surface area contributed by atoms with Gasteiger partial charge >= 0.3 is 5.91 Å². The molecule has 28 heavy (non-hydrogen) atoms. The highest BCUT2D eigenvalue weighted by molar-refractivity contribution is 5.89. The lowest BCUT2D eigenvalue weighted by Crippen LogP contribution is -2.40. The third kappa shape index (κ3) is 4.56. The van der Waals surface area contributed by atoms with Crippen molar-refractivity contribution >= 4 is 5.91 Å². The molecule has 0 aliphatic carbocycles. The largest absolute Gasteiger partial charge is 0.493 e. The Morgan fingerprint density at radius 1 is 1.32 bits per heavy atom. The fraction of sp³-hybridized carbons (Fsp3) is 0.500. The standard InChI is InChI=1S/C20H25N3O5/c1-23-7-4-14(5-8-23)12-26-15-2-3-17-18(10-15)28-16(13-27-17)11-22-19(24)20-21-6-9-25-20/h2-3,6,9-10,14,16H,4-5,7-8,11-13H2,1H3,(H,22,24). The van der Waals surface area contributed by atoms with Gasteiger partial charge in [0.25, 0.3) is 5.89 Å². The van der Waals surface area contributed by atoms with E-state index in [1.807, 2.05) is 18.2 Å². The lowest BCUT2D eigenvalue weighted by molar-refractivity contribution is 0.0765. The van der Waals surface area contributed by atoms with Crippen molar-refractivity contribution < 1.29 is 23.4 Å². The topological polar surface area (TPSA) is 86.1 Å². The van der Waals surface area contributed by atoms with Crippen LogP contribution in [-0.2, 0) is 0 Å². The van der Waals surface area contributed by atoms with E-state index in [-0.39, 0.29) is 17.9 Å². The summed E-state index contributed by atoms with van der Waals surface area (Å²) in [5.74, 6) is 2.31. The van der Waals surface area contributed by atoms with E-state index in [0.717, 1.165) is 31.7 Å². The molecule has 2 aliphatic rings. The summed E-state index contributed by atoms with van der Waals surface area (Å²) < 4.78 is 22.7. The Balaban J connectivity index is 1.29. The molecule has 0 spiro atoms. The minimum Gasteiger partial charge on any atom is -0.493 e. The van der Waals surface area contributed by atoms with E-state index in [1.54, 1.807) is 0 Å². The summed E-state index contributed by atoms with van der Waals surface area (Å²) in [5.41, 5.74) is 0. The number of benzene rings is 1. The monoisotopic (exact) mass is 387 g/mol. The van der Waals surface area contributed by atoms with Gasteiger partial charge in [-0.1, -0.05) is 0 Å². The van der Waals surface area contributed by atoms with Crippen LogP contribution < -0.4 is 19.5 Å². The minimum atomic E-state index is -0.380. The molecule has 1 aromatic heterocycles. The Bertz CT molecular complexity index is 787. The zero-order valence-corrected chi connectivity index (χ0v) is 15.9. The molecule has 0 saturated carbocycles. The van der Waals surface area contributed by atoms with E-state index in [2.05, 4.69) is 22.2 Å². The first kappa shape index (κ1) is 18.6. The zero-order valence-electron chi connectivity index (χ0n) is 15.9. The number of aromatic nitrogens is 1. The molecule has 2 aliphatic heterocycles. The number of fused-ring (bicyclic) bond motifs is 1. The summed E-state index contributed by atoms with van der Waals surface area (Å²) in [4.78, 5) is 18.1. The van der Waals surface area contributed by atoms with Gasteiger partial charge in [-0.25, -0.2) is 4.98 Å². The van der Waals surface area contributed by atoms with Gasteiger partial charge in [0.1, 0.15) is 24.7 Å². The molecule has 8 heteroatoms. The number of piperidine rings is 1. The number of carbonyl (C=O) groups is 1. The molecule has 1 N–H and O–H groups in total. The van der Waals surface area contributed by atoms with Crippen LogP contribution in [0, 0.1) is 5.92 Å². The van der Waals surface area contributed by atoms with Gasteiger partial charge in [0.05, 0.1) is 19.3 Å². The Morgan fingerprint density at radius 2 is 2.18 bits per heavy atom. The van der Waals surface area contributed by atoms with Crippen LogP contribution in [-0.4, -0.2) is 61.8 Å². The van der Waals surface area contributed by atoms with E-state index in [4.69, 9.17) is 18.6 Å². The molecule has 4 rings (SSSR count). The molecule has 2 aromatic rings. The summed E-state index contributed by atoms with van der Waals surface area (Å²) in [6, 6.07) is 5.62. The number of amides is 1. The number of nitrogens with zero attached hydrogens (tertiary/aromatic N) is 2. The molecule has 8 nitrogen and oxygen atoms in total. The van der Waals surface area contributed by atoms with Crippen molar-refractivity contribution in [3.63, 3.8) is 0 Å². The summed E-state index contributed by atoms with van der Waals surface area (Å²) in [6.07, 6.45) is 4.81. The number of ether oxygens (including phenoxy) is 3. The van der Waals surface area contributed by atoms with Crippen LogP contribution in [0.4, 0.5) is 0 Å². The van der Waals surface area contributed by atoms with Gasteiger partial charge in [0.2, 0.25) is 0 Å². The highest BCUT2D eigenvalue weighted by Gasteiger charge is 2.23. The molecule has 3 heterocycles. The molecule has 1 fully saturated rings. The predicted octanol–water partition coefficient (Wildman–Crippen LogP) is 1.96. The highest BCUT2D eigenvalue weighted by Crippen LogP contribution is 2.35. The number of rotatable bonds is 6. The van der Waals surface area contributed by atoms with E-state index in [9.17, 15) is 4.79 Å². The molecular weight excluding hydrogens is 362 g/mol. The van der Waals surface area contributed by atoms with E-state index in [0.29, 0.717) is 37.2 Å². The molecule has 150 valence electrons. The van der Waals surface area contributed by atoms with Gasteiger partial charge in [-0.05, 0) is 51.0 Å². The summed E-state index contributed by atoms with van der Waals surface area (Å²) in [7, 11) is 2.15. The number of hydrogen-bond acceptors (Lipinski definition) is 7. The number of likely N-dealkylation sites (tertiary alicyclic amines) is 1. The second kappa shape index (κ2) is 8.52. The maximum Gasteiger partial charge on any atom is 0.307 e. The van der Waals surface area contributed by atoms with Gasteiger partial charge < -0.3 is 28.8 Å². The second-order valence-corrected chi connectivity index (χ2v) is 7.26. The molecule has 1 aromatic carbocycles. The average molecular weight is 387 g/mol. The number of hydrogen-bond donors (Lipinski definition) is 1. The quantitative estimate of drug-likeness (QED) is 0.811. The fourth-order valence-electron chi connectivity index (χ4n) is 3.35. The van der Waals surface area contributed by atoms with Crippen molar-refractivity contribution in [3.05, 3.63) is 36.5 Å². The van der Waals surface area contributed by atoms with Crippen molar-refractivity contribution in [1.29, 1.82) is 0 Å². The summed E-state index contributed by atoms with van der Waals surface area (Å²) in [6.45, 7) is 3.60. The molecule has 0 radical (unpaired) electrons. The van der Waals surface area contributed by atoms with Crippen molar-refractivity contribution in [2.24, 2.45) is 5.92 Å². The summed E-state index contributed by atoms with van der Waals surface area (Å²) >= 11 is 0. The van der Waals surface area contributed by atoms with Gasteiger partial charge in [-0.3, -0.25) is 4.79 Å². The van der Waals surface area contributed by atoms with Crippen molar-refractivity contribution in [3.8, 4) is 17.2 Å². The fourth-order valence-corrected chi connectivity index (χ4v) is 3.35. The van der Waals surface area contributed by atoms with E-state index in [1.165, 1.54) is 12.5 Å². The van der Waals surface area contributed by atoms with Crippen molar-refractivity contribution in [1.82, 2.24) is 15.2 Å².